The van der Waals surface area contributed by atoms with Gasteiger partial charge in [-0.1, -0.05) is 55.7 Å². The van der Waals surface area contributed by atoms with Crippen molar-refractivity contribution >= 4 is 32.7 Å². The number of nitrogens with zero attached hydrogens (tertiary/aromatic N) is 3. The predicted molar refractivity (Wildman–Crippen MR) is 204 cm³/mol. The first-order chi connectivity index (χ1) is 25.1. The van der Waals surface area contributed by atoms with Crippen LogP contribution in [0.4, 0.5) is 0 Å². The number of methoxy groups -OCH3 is 1. The Morgan fingerprint density at radius 3 is 2.25 bits per heavy atom. The van der Waals surface area contributed by atoms with Gasteiger partial charge in [-0.25, -0.2) is 13.1 Å². The first-order valence-electron chi connectivity index (χ1n) is 19.0. The normalized spacial score (nSPS) is 21.6. The van der Waals surface area contributed by atoms with Crippen molar-refractivity contribution in [1.29, 1.82) is 0 Å². The lowest BCUT2D eigenvalue weighted by molar-refractivity contribution is -0.161. The molecule has 2 unspecified atom stereocenters. The van der Waals surface area contributed by atoms with E-state index in [1.165, 1.54) is 17.5 Å². The third-order valence-corrected chi connectivity index (χ3v) is 13.8. The van der Waals surface area contributed by atoms with Crippen LogP contribution in [0.25, 0.3) is 22.2 Å². The van der Waals surface area contributed by atoms with E-state index in [-0.39, 0.29) is 18.0 Å². The molecule has 3 aliphatic heterocycles. The highest BCUT2D eigenvalue weighted by Crippen LogP contribution is 2.54. The number of amides is 2. The van der Waals surface area contributed by atoms with E-state index in [4.69, 9.17) is 4.74 Å². The molecule has 5 aliphatic rings. The van der Waals surface area contributed by atoms with Crippen molar-refractivity contribution < 1.29 is 22.7 Å². The number of ether oxygens (including phenoxy) is 1. The molecule has 2 atom stereocenters. The second kappa shape index (κ2) is 13.7. The van der Waals surface area contributed by atoms with Gasteiger partial charge in [0.25, 0.3) is 5.91 Å². The van der Waals surface area contributed by atoms with Gasteiger partial charge in [-0.3, -0.25) is 14.5 Å². The highest BCUT2D eigenvalue weighted by molar-refractivity contribution is 7.90. The van der Waals surface area contributed by atoms with E-state index in [0.717, 1.165) is 92.5 Å². The molecular formula is C42H50N4O5S. The molecule has 2 bridgehead atoms. The van der Waals surface area contributed by atoms with Gasteiger partial charge in [0.2, 0.25) is 15.9 Å². The number of hydrogen-bond donors (Lipinski definition) is 1. The Balaban J connectivity index is 1.18. The summed E-state index contributed by atoms with van der Waals surface area (Å²) >= 11 is 0. The number of aromatic nitrogens is 1. The maximum absolute atomic E-state index is 14.7. The topological polar surface area (TPSA) is 101 Å². The van der Waals surface area contributed by atoms with E-state index in [1.807, 2.05) is 30.3 Å². The summed E-state index contributed by atoms with van der Waals surface area (Å²) in [6.07, 6.45) is 8.41. The molecule has 4 aromatic rings. The summed E-state index contributed by atoms with van der Waals surface area (Å²) in [6, 6.07) is 24.8. The van der Waals surface area contributed by atoms with Crippen LogP contribution in [-0.4, -0.2) is 72.1 Å². The van der Waals surface area contributed by atoms with Crippen LogP contribution in [0.15, 0.2) is 72.8 Å². The van der Waals surface area contributed by atoms with Crippen molar-refractivity contribution in [2.75, 3.05) is 20.2 Å². The highest BCUT2D eigenvalue weighted by Gasteiger charge is 2.58. The van der Waals surface area contributed by atoms with E-state index in [1.54, 1.807) is 27.0 Å². The second-order valence-electron chi connectivity index (χ2n) is 15.9. The Kier molecular flexibility index (Phi) is 9.18. The smallest absolute Gasteiger partial charge is 0.264 e. The van der Waals surface area contributed by atoms with Crippen LogP contribution in [0.2, 0.25) is 0 Å². The monoisotopic (exact) mass is 722 g/mol. The van der Waals surface area contributed by atoms with Gasteiger partial charge in [0, 0.05) is 54.7 Å². The number of hydrogen-bond acceptors (Lipinski definition) is 6. The van der Waals surface area contributed by atoms with Gasteiger partial charge in [0.15, 0.2) is 0 Å². The third kappa shape index (κ3) is 6.42. The largest absolute Gasteiger partial charge is 0.497 e. The SMILES string of the molecule is COc1ccc(-c2c(C3CCCCC3)c3ccc(C(=O)NS(=O)(=O)C(C)C)cc3n2CC2(C(=O)N3C4CC3CN(Cc3ccccc3)C4)CC2)cc1. The molecule has 3 saturated heterocycles. The molecular weight excluding hydrogens is 673 g/mol. The summed E-state index contributed by atoms with van der Waals surface area (Å²) in [5.41, 5.74) is 5.35. The number of fused-ring (bicyclic) bond motifs is 3. The van der Waals surface area contributed by atoms with Gasteiger partial charge in [-0.2, -0.15) is 0 Å². The van der Waals surface area contributed by atoms with Crippen molar-refractivity contribution in [2.45, 2.75) is 102 Å². The molecule has 0 spiro atoms. The van der Waals surface area contributed by atoms with Crippen LogP contribution in [0.5, 0.6) is 5.75 Å². The van der Waals surface area contributed by atoms with Crippen LogP contribution < -0.4 is 9.46 Å². The number of piperidine rings is 1. The van der Waals surface area contributed by atoms with E-state index in [9.17, 15) is 18.0 Å². The number of sulfonamides is 1. The van der Waals surface area contributed by atoms with Crippen molar-refractivity contribution in [3.8, 4) is 17.0 Å². The lowest BCUT2D eigenvalue weighted by atomic mass is 9.81. The highest BCUT2D eigenvalue weighted by atomic mass is 32.2. The molecule has 9 nitrogen and oxygen atoms in total. The van der Waals surface area contributed by atoms with E-state index in [2.05, 4.69) is 55.5 Å². The Morgan fingerprint density at radius 1 is 0.923 bits per heavy atom. The standard InChI is InChI=1S/C42H50N4O5S/c1-28(2)52(49,50)43-40(47)32-16-19-36-37(22-32)45(39(31-14-17-35(51-3)18-15-31)38(36)30-12-8-5-9-13-30)27-42(20-21-42)41(48)46-33-23-34(46)26-44(25-33)24-29-10-6-4-7-11-29/h4,6-7,10-11,14-19,22,28,30,33-34H,5,8-9,12-13,20-21,23-27H2,1-3H3,(H,43,47). The van der Waals surface area contributed by atoms with Crippen LogP contribution in [0.3, 0.4) is 0 Å². The Labute approximate surface area is 307 Å². The average molecular weight is 723 g/mol. The number of piperazine rings is 1. The predicted octanol–water partition coefficient (Wildman–Crippen LogP) is 7.10. The Hall–Kier alpha value is -4.15. The number of benzene rings is 3. The summed E-state index contributed by atoms with van der Waals surface area (Å²) in [4.78, 5) is 32.9. The van der Waals surface area contributed by atoms with Crippen molar-refractivity contribution in [1.82, 2.24) is 19.1 Å². The van der Waals surface area contributed by atoms with Crippen LogP contribution in [-0.2, 0) is 27.9 Å². The minimum Gasteiger partial charge on any atom is -0.497 e. The third-order valence-electron chi connectivity index (χ3n) is 12.1. The van der Waals surface area contributed by atoms with Crippen LogP contribution in [0, 0.1) is 5.41 Å². The zero-order chi connectivity index (χ0) is 36.2. The molecule has 1 N–H and O–H groups in total. The average Bonchev–Trinajstić information content (AvgIpc) is 3.87. The minimum atomic E-state index is -3.82. The van der Waals surface area contributed by atoms with Gasteiger partial charge in [-0.05, 0) is 105 Å². The fraction of sp³-hybridized carbons (Fsp3) is 0.476. The second-order valence-corrected chi connectivity index (χ2v) is 18.1. The number of carbonyl (C=O) groups excluding carboxylic acids is 2. The van der Waals surface area contributed by atoms with Gasteiger partial charge in [0.1, 0.15) is 5.75 Å². The summed E-state index contributed by atoms with van der Waals surface area (Å²) in [7, 11) is -2.15. The quantitative estimate of drug-likeness (QED) is 0.177. The van der Waals surface area contributed by atoms with Crippen molar-refractivity contribution in [3.63, 3.8) is 0 Å². The van der Waals surface area contributed by atoms with E-state index < -0.39 is 26.6 Å². The van der Waals surface area contributed by atoms with Crippen LogP contribution in [0.1, 0.15) is 92.6 Å². The molecule has 2 saturated carbocycles. The lowest BCUT2D eigenvalue weighted by Crippen LogP contribution is -2.71. The van der Waals surface area contributed by atoms with Gasteiger partial charge in [0.05, 0.1) is 23.5 Å². The number of carbonyl (C=O) groups is 2. The van der Waals surface area contributed by atoms with Gasteiger partial charge < -0.3 is 14.2 Å². The number of nitrogens with one attached hydrogen (secondary N) is 1. The zero-order valence-corrected chi connectivity index (χ0v) is 31.3. The minimum absolute atomic E-state index is 0.228. The molecule has 3 aromatic carbocycles. The molecule has 1 aromatic heterocycles. The fourth-order valence-electron chi connectivity index (χ4n) is 9.02. The summed E-state index contributed by atoms with van der Waals surface area (Å²) < 4.78 is 35.5. The van der Waals surface area contributed by atoms with Crippen molar-refractivity contribution in [3.05, 3.63) is 89.5 Å². The molecule has 274 valence electrons. The molecule has 10 heteroatoms. The molecule has 52 heavy (non-hydrogen) atoms. The van der Waals surface area contributed by atoms with E-state index in [0.29, 0.717) is 18.0 Å². The molecule has 2 amide bonds. The van der Waals surface area contributed by atoms with Gasteiger partial charge in [-0.15, -0.1) is 0 Å². The lowest BCUT2D eigenvalue weighted by Gasteiger charge is -2.57. The summed E-state index contributed by atoms with van der Waals surface area (Å²) in [6.45, 7) is 6.30. The first-order valence-corrected chi connectivity index (χ1v) is 20.6. The summed E-state index contributed by atoms with van der Waals surface area (Å²) in [5.74, 6) is 0.730. The number of rotatable bonds is 11. The molecule has 4 heterocycles. The maximum atomic E-state index is 14.7. The fourth-order valence-corrected chi connectivity index (χ4v) is 9.63. The molecule has 2 aliphatic carbocycles. The maximum Gasteiger partial charge on any atom is 0.264 e. The zero-order valence-electron chi connectivity index (χ0n) is 30.5. The first kappa shape index (κ1) is 34.9. The Bertz CT molecular complexity index is 2070. The molecule has 0 radical (unpaired) electrons. The van der Waals surface area contributed by atoms with Crippen LogP contribution >= 0.6 is 0 Å². The Morgan fingerprint density at radius 2 is 1.62 bits per heavy atom. The molecule has 9 rings (SSSR count). The molecule has 5 fully saturated rings. The van der Waals surface area contributed by atoms with E-state index >= 15 is 0 Å². The van der Waals surface area contributed by atoms with Gasteiger partial charge >= 0.3 is 0 Å². The summed E-state index contributed by atoms with van der Waals surface area (Å²) in [5, 5.41) is 0.331. The van der Waals surface area contributed by atoms with Crippen molar-refractivity contribution in [2.24, 2.45) is 5.41 Å².